The number of imidazole rings is 1. The fraction of sp³-hybridized carbons (Fsp3) is 0.381. The van der Waals surface area contributed by atoms with Gasteiger partial charge in [0.05, 0.1) is 17.6 Å². The highest BCUT2D eigenvalue weighted by molar-refractivity contribution is 5.76. The molecule has 3 aromatic rings. The Morgan fingerprint density at radius 2 is 2.04 bits per heavy atom. The van der Waals surface area contributed by atoms with E-state index in [4.69, 9.17) is 4.98 Å². The summed E-state index contributed by atoms with van der Waals surface area (Å²) in [6.07, 6.45) is 2.39. The third kappa shape index (κ3) is 2.95. The first-order chi connectivity index (χ1) is 12.2. The highest BCUT2D eigenvalue weighted by Gasteiger charge is 2.28. The fourth-order valence-electron chi connectivity index (χ4n) is 4.14. The van der Waals surface area contributed by atoms with Gasteiger partial charge in [0.2, 0.25) is 0 Å². The molecule has 0 saturated carbocycles. The molecule has 1 aliphatic heterocycles. The Labute approximate surface area is 148 Å². The number of halogens is 1. The van der Waals surface area contributed by atoms with E-state index in [2.05, 4.69) is 47.6 Å². The average molecular weight is 337 g/mol. The number of hydrogen-bond acceptors (Lipinski definition) is 2. The van der Waals surface area contributed by atoms with Crippen LogP contribution in [0.5, 0.6) is 0 Å². The Hall–Kier alpha value is -2.20. The van der Waals surface area contributed by atoms with E-state index >= 15 is 0 Å². The molecule has 130 valence electrons. The summed E-state index contributed by atoms with van der Waals surface area (Å²) in [4.78, 5) is 7.26. The van der Waals surface area contributed by atoms with Crippen molar-refractivity contribution in [1.82, 2.24) is 14.5 Å². The van der Waals surface area contributed by atoms with Crippen molar-refractivity contribution in [3.8, 4) is 0 Å². The van der Waals surface area contributed by atoms with E-state index in [1.807, 2.05) is 6.07 Å². The second kappa shape index (κ2) is 6.60. The van der Waals surface area contributed by atoms with E-state index in [9.17, 15) is 4.39 Å². The number of benzene rings is 2. The minimum Gasteiger partial charge on any atom is -0.327 e. The van der Waals surface area contributed by atoms with Crippen LogP contribution in [0.25, 0.3) is 11.0 Å². The molecule has 1 fully saturated rings. The van der Waals surface area contributed by atoms with E-state index in [1.165, 1.54) is 36.1 Å². The van der Waals surface area contributed by atoms with Crippen LogP contribution >= 0.6 is 0 Å². The van der Waals surface area contributed by atoms with Gasteiger partial charge >= 0.3 is 0 Å². The first-order valence-electron chi connectivity index (χ1n) is 9.11. The summed E-state index contributed by atoms with van der Waals surface area (Å²) in [5.41, 5.74) is 4.55. The molecule has 3 nitrogen and oxygen atoms in total. The Balaban J connectivity index is 1.67. The van der Waals surface area contributed by atoms with E-state index in [1.54, 1.807) is 0 Å². The number of hydrogen-bond donors (Lipinski definition) is 0. The number of aromatic nitrogens is 2. The molecule has 25 heavy (non-hydrogen) atoms. The highest BCUT2D eigenvalue weighted by Crippen LogP contribution is 2.35. The molecule has 2 heterocycles. The molecule has 0 spiro atoms. The molecule has 0 N–H and O–H groups in total. The van der Waals surface area contributed by atoms with Crippen molar-refractivity contribution in [2.45, 2.75) is 45.8 Å². The molecular formula is C21H24FN3. The van der Waals surface area contributed by atoms with E-state index in [0.29, 0.717) is 6.04 Å². The van der Waals surface area contributed by atoms with Gasteiger partial charge in [0.25, 0.3) is 0 Å². The van der Waals surface area contributed by atoms with Crippen LogP contribution < -0.4 is 0 Å². The molecule has 0 amide bonds. The van der Waals surface area contributed by atoms with Gasteiger partial charge in [-0.05, 0) is 56.5 Å². The van der Waals surface area contributed by atoms with Crippen molar-refractivity contribution in [1.29, 1.82) is 0 Å². The molecule has 1 atom stereocenters. The Kier molecular flexibility index (Phi) is 4.30. The maximum absolute atomic E-state index is 13.6. The fourth-order valence-corrected chi connectivity index (χ4v) is 4.14. The molecular weight excluding hydrogens is 313 g/mol. The van der Waals surface area contributed by atoms with Crippen LogP contribution in [-0.4, -0.2) is 21.0 Å². The van der Waals surface area contributed by atoms with Crippen molar-refractivity contribution in [2.75, 3.05) is 6.54 Å². The molecule has 0 aliphatic carbocycles. The van der Waals surface area contributed by atoms with Crippen molar-refractivity contribution in [2.24, 2.45) is 0 Å². The SMILES string of the molecule is CCn1c(CN2CCCC2c2ccccc2C)nc2cc(F)ccc21. The highest BCUT2D eigenvalue weighted by atomic mass is 19.1. The predicted molar refractivity (Wildman–Crippen MR) is 98.9 cm³/mol. The predicted octanol–water partition coefficient (Wildman–Crippen LogP) is 4.84. The van der Waals surface area contributed by atoms with Gasteiger partial charge in [0.15, 0.2) is 0 Å². The molecule has 2 aromatic carbocycles. The molecule has 1 saturated heterocycles. The summed E-state index contributed by atoms with van der Waals surface area (Å²) in [7, 11) is 0. The second-order valence-corrected chi connectivity index (χ2v) is 6.89. The average Bonchev–Trinajstić information content (AvgIpc) is 3.19. The number of aryl methyl sites for hydroxylation is 2. The monoisotopic (exact) mass is 337 g/mol. The summed E-state index contributed by atoms with van der Waals surface area (Å²) in [6.45, 7) is 7.05. The lowest BCUT2D eigenvalue weighted by Gasteiger charge is -2.26. The largest absolute Gasteiger partial charge is 0.327 e. The lowest BCUT2D eigenvalue weighted by Crippen LogP contribution is -2.25. The first kappa shape index (κ1) is 16.3. The summed E-state index contributed by atoms with van der Waals surface area (Å²) in [6, 6.07) is 14.0. The Morgan fingerprint density at radius 1 is 1.20 bits per heavy atom. The lowest BCUT2D eigenvalue weighted by atomic mass is 9.99. The van der Waals surface area contributed by atoms with Gasteiger partial charge in [-0.2, -0.15) is 0 Å². The van der Waals surface area contributed by atoms with Gasteiger partial charge in [0, 0.05) is 18.7 Å². The molecule has 1 aliphatic rings. The number of nitrogens with zero attached hydrogens (tertiary/aromatic N) is 3. The quantitative estimate of drug-likeness (QED) is 0.679. The molecule has 1 aromatic heterocycles. The van der Waals surface area contributed by atoms with Gasteiger partial charge in [-0.3, -0.25) is 4.90 Å². The standard InChI is InChI=1S/C21H24FN3/c1-3-25-20-11-10-16(22)13-18(20)23-21(25)14-24-12-6-9-19(24)17-8-5-4-7-15(17)2/h4-5,7-8,10-11,13,19H,3,6,9,12,14H2,1-2H3. The van der Waals surface area contributed by atoms with Crippen LogP contribution in [0.2, 0.25) is 0 Å². The summed E-state index contributed by atoms with van der Waals surface area (Å²) < 4.78 is 15.8. The van der Waals surface area contributed by atoms with Crippen LogP contribution in [0.1, 0.15) is 42.8 Å². The maximum Gasteiger partial charge on any atom is 0.125 e. The van der Waals surface area contributed by atoms with Crippen LogP contribution in [0.4, 0.5) is 4.39 Å². The maximum atomic E-state index is 13.6. The van der Waals surface area contributed by atoms with Crippen molar-refractivity contribution < 1.29 is 4.39 Å². The number of fused-ring (bicyclic) bond motifs is 1. The van der Waals surface area contributed by atoms with Gasteiger partial charge in [0.1, 0.15) is 11.6 Å². The molecule has 0 bridgehead atoms. The molecule has 0 radical (unpaired) electrons. The third-order valence-electron chi connectivity index (χ3n) is 5.36. The minimum absolute atomic E-state index is 0.223. The first-order valence-corrected chi connectivity index (χ1v) is 9.11. The van der Waals surface area contributed by atoms with Crippen molar-refractivity contribution in [3.63, 3.8) is 0 Å². The van der Waals surface area contributed by atoms with Crippen LogP contribution in [-0.2, 0) is 13.1 Å². The number of likely N-dealkylation sites (tertiary alicyclic amines) is 1. The smallest absolute Gasteiger partial charge is 0.125 e. The summed E-state index contributed by atoms with van der Waals surface area (Å²) in [5.74, 6) is 0.808. The number of rotatable bonds is 4. The zero-order chi connectivity index (χ0) is 17.4. The van der Waals surface area contributed by atoms with Gasteiger partial charge in [-0.15, -0.1) is 0 Å². The second-order valence-electron chi connectivity index (χ2n) is 6.89. The Morgan fingerprint density at radius 3 is 2.84 bits per heavy atom. The van der Waals surface area contributed by atoms with Crippen LogP contribution in [0.3, 0.4) is 0 Å². The topological polar surface area (TPSA) is 21.1 Å². The normalized spacial score (nSPS) is 18.3. The van der Waals surface area contributed by atoms with E-state index in [-0.39, 0.29) is 5.82 Å². The zero-order valence-electron chi connectivity index (χ0n) is 14.9. The zero-order valence-corrected chi connectivity index (χ0v) is 14.9. The summed E-state index contributed by atoms with van der Waals surface area (Å²) in [5, 5.41) is 0. The van der Waals surface area contributed by atoms with Crippen molar-refractivity contribution >= 4 is 11.0 Å². The molecule has 4 heteroatoms. The Bertz CT molecular complexity index is 899. The minimum atomic E-state index is -0.223. The lowest BCUT2D eigenvalue weighted by molar-refractivity contribution is 0.239. The van der Waals surface area contributed by atoms with Crippen LogP contribution in [0, 0.1) is 12.7 Å². The van der Waals surface area contributed by atoms with E-state index < -0.39 is 0 Å². The molecule has 1 unspecified atom stereocenters. The third-order valence-corrected chi connectivity index (χ3v) is 5.36. The molecule has 4 rings (SSSR count). The van der Waals surface area contributed by atoms with Crippen LogP contribution in [0.15, 0.2) is 42.5 Å². The summed E-state index contributed by atoms with van der Waals surface area (Å²) >= 11 is 0. The van der Waals surface area contributed by atoms with Gasteiger partial charge in [-0.1, -0.05) is 24.3 Å². The van der Waals surface area contributed by atoms with Gasteiger partial charge < -0.3 is 4.57 Å². The van der Waals surface area contributed by atoms with Crippen molar-refractivity contribution in [3.05, 3.63) is 65.2 Å². The van der Waals surface area contributed by atoms with Gasteiger partial charge in [-0.25, -0.2) is 9.37 Å². The van der Waals surface area contributed by atoms with E-state index in [0.717, 1.165) is 36.5 Å².